The molecule has 0 radical (unpaired) electrons. The van der Waals surface area contributed by atoms with Gasteiger partial charge >= 0.3 is 5.97 Å². The highest BCUT2D eigenvalue weighted by Crippen LogP contribution is 2.16. The normalized spacial score (nSPS) is 8.93. The summed E-state index contributed by atoms with van der Waals surface area (Å²) in [5, 5.41) is 8.88. The van der Waals surface area contributed by atoms with Gasteiger partial charge in [0.1, 0.15) is 6.42 Å². The average molecular weight is 210 g/mol. The third-order valence-electron chi connectivity index (χ3n) is 1.48. The number of carbonyl (C=O) groups is 1. The SMILES string of the molecule is Nc1cc(Cl)ccc1C#CCC(=O)O. The second-order valence-electron chi connectivity index (χ2n) is 2.60. The minimum atomic E-state index is -0.954. The van der Waals surface area contributed by atoms with Crippen molar-refractivity contribution in [3.63, 3.8) is 0 Å². The number of nitrogens with two attached hydrogens (primary N) is 1. The van der Waals surface area contributed by atoms with Gasteiger partial charge in [-0.1, -0.05) is 23.4 Å². The van der Waals surface area contributed by atoms with Crippen molar-refractivity contribution in [2.45, 2.75) is 6.42 Å². The summed E-state index contributed by atoms with van der Waals surface area (Å²) in [6, 6.07) is 4.89. The highest BCUT2D eigenvalue weighted by Gasteiger charge is 1.96. The van der Waals surface area contributed by atoms with Crippen LogP contribution in [-0.4, -0.2) is 11.1 Å². The van der Waals surface area contributed by atoms with Crippen molar-refractivity contribution in [2.75, 3.05) is 5.73 Å². The van der Waals surface area contributed by atoms with Crippen LogP contribution in [0.25, 0.3) is 0 Å². The molecule has 3 nitrogen and oxygen atoms in total. The molecule has 72 valence electrons. The molecule has 3 N–H and O–H groups in total. The number of halogens is 1. The zero-order chi connectivity index (χ0) is 10.6. The number of anilines is 1. The first kappa shape index (κ1) is 10.4. The molecule has 0 heterocycles. The summed E-state index contributed by atoms with van der Waals surface area (Å²) in [6.45, 7) is 0. The average Bonchev–Trinajstić information content (AvgIpc) is 2.08. The monoisotopic (exact) mass is 209 g/mol. The van der Waals surface area contributed by atoms with Gasteiger partial charge in [0.15, 0.2) is 0 Å². The van der Waals surface area contributed by atoms with E-state index in [1.807, 2.05) is 0 Å². The van der Waals surface area contributed by atoms with Crippen LogP contribution in [0.5, 0.6) is 0 Å². The van der Waals surface area contributed by atoms with Gasteiger partial charge in [-0.15, -0.1) is 0 Å². The summed E-state index contributed by atoms with van der Waals surface area (Å²) in [4.78, 5) is 10.2. The summed E-state index contributed by atoms with van der Waals surface area (Å²) in [7, 11) is 0. The Hall–Kier alpha value is -1.66. The van der Waals surface area contributed by atoms with E-state index in [0.29, 0.717) is 16.3 Å². The van der Waals surface area contributed by atoms with Crippen LogP contribution >= 0.6 is 11.6 Å². The van der Waals surface area contributed by atoms with Crippen molar-refractivity contribution in [3.05, 3.63) is 28.8 Å². The molecule has 0 bridgehead atoms. The lowest BCUT2D eigenvalue weighted by molar-refractivity contribution is -0.135. The van der Waals surface area contributed by atoms with Gasteiger partial charge in [-0.2, -0.15) is 0 Å². The molecule has 4 heteroatoms. The molecule has 0 amide bonds. The third kappa shape index (κ3) is 3.00. The van der Waals surface area contributed by atoms with Crippen LogP contribution in [0.15, 0.2) is 18.2 Å². The van der Waals surface area contributed by atoms with Crippen LogP contribution in [0.3, 0.4) is 0 Å². The Bertz CT molecular complexity index is 418. The van der Waals surface area contributed by atoms with Gasteiger partial charge in [0, 0.05) is 16.3 Å². The van der Waals surface area contributed by atoms with Crippen molar-refractivity contribution >= 4 is 23.3 Å². The quantitative estimate of drug-likeness (QED) is 0.547. The summed E-state index contributed by atoms with van der Waals surface area (Å²) < 4.78 is 0. The first-order chi connectivity index (χ1) is 6.59. The van der Waals surface area contributed by atoms with E-state index >= 15 is 0 Å². The minimum absolute atomic E-state index is 0.192. The Kier molecular flexibility index (Phi) is 3.38. The van der Waals surface area contributed by atoms with E-state index in [2.05, 4.69) is 11.8 Å². The van der Waals surface area contributed by atoms with Gasteiger partial charge in [-0.05, 0) is 18.2 Å². The molecule has 0 aliphatic rings. The topological polar surface area (TPSA) is 63.3 Å². The molecule has 0 aromatic heterocycles. The number of aliphatic carboxylic acids is 1. The highest BCUT2D eigenvalue weighted by molar-refractivity contribution is 6.30. The van der Waals surface area contributed by atoms with Crippen molar-refractivity contribution in [1.82, 2.24) is 0 Å². The smallest absolute Gasteiger partial charge is 0.315 e. The molecule has 0 saturated carbocycles. The zero-order valence-corrected chi connectivity index (χ0v) is 8.01. The largest absolute Gasteiger partial charge is 0.481 e. The molecule has 14 heavy (non-hydrogen) atoms. The summed E-state index contributed by atoms with van der Waals surface area (Å²) in [5.74, 6) is 4.19. The fraction of sp³-hybridized carbons (Fsp3) is 0.100. The Morgan fingerprint density at radius 2 is 2.29 bits per heavy atom. The fourth-order valence-corrected chi connectivity index (χ4v) is 1.04. The third-order valence-corrected chi connectivity index (χ3v) is 1.71. The molecule has 0 aliphatic carbocycles. The van der Waals surface area contributed by atoms with Gasteiger partial charge in [0.05, 0.1) is 0 Å². The van der Waals surface area contributed by atoms with E-state index in [1.54, 1.807) is 18.2 Å². The van der Waals surface area contributed by atoms with Gasteiger partial charge < -0.3 is 10.8 Å². The zero-order valence-electron chi connectivity index (χ0n) is 7.25. The number of nitrogen functional groups attached to an aromatic ring is 1. The number of carboxylic acid groups (broad SMARTS) is 1. The molecular weight excluding hydrogens is 202 g/mol. The Labute approximate surface area is 86.5 Å². The molecule has 0 saturated heterocycles. The predicted octanol–water partition coefficient (Wildman–Crippen LogP) is 1.75. The van der Waals surface area contributed by atoms with E-state index in [1.165, 1.54) is 0 Å². The molecule has 0 aliphatic heterocycles. The van der Waals surface area contributed by atoms with E-state index < -0.39 is 5.97 Å². The lowest BCUT2D eigenvalue weighted by Gasteiger charge is -1.97. The van der Waals surface area contributed by atoms with Crippen molar-refractivity contribution in [3.8, 4) is 11.8 Å². The van der Waals surface area contributed by atoms with Crippen LogP contribution < -0.4 is 5.73 Å². The number of benzene rings is 1. The van der Waals surface area contributed by atoms with Crippen molar-refractivity contribution < 1.29 is 9.90 Å². The van der Waals surface area contributed by atoms with Gasteiger partial charge in [-0.25, -0.2) is 0 Å². The van der Waals surface area contributed by atoms with E-state index in [4.69, 9.17) is 22.4 Å². The van der Waals surface area contributed by atoms with Gasteiger partial charge in [-0.3, -0.25) is 4.79 Å². The van der Waals surface area contributed by atoms with Crippen LogP contribution in [0.2, 0.25) is 5.02 Å². The number of rotatable bonds is 1. The first-order valence-corrected chi connectivity index (χ1v) is 4.23. The van der Waals surface area contributed by atoms with E-state index in [0.717, 1.165) is 0 Å². The molecule has 1 aromatic carbocycles. The standard InChI is InChI=1S/C10H8ClNO2/c11-8-5-4-7(9(12)6-8)2-1-3-10(13)14/h4-6H,3,12H2,(H,13,14). The van der Waals surface area contributed by atoms with Crippen LogP contribution in [0.4, 0.5) is 5.69 Å². The lowest BCUT2D eigenvalue weighted by atomic mass is 10.2. The van der Waals surface area contributed by atoms with Crippen LogP contribution in [-0.2, 0) is 4.79 Å². The number of hydrogen-bond acceptors (Lipinski definition) is 2. The predicted molar refractivity (Wildman–Crippen MR) is 55.0 cm³/mol. The molecule has 0 unspecified atom stereocenters. The molecule has 1 aromatic rings. The Morgan fingerprint density at radius 3 is 2.86 bits per heavy atom. The van der Waals surface area contributed by atoms with E-state index in [9.17, 15) is 4.79 Å². The van der Waals surface area contributed by atoms with Gasteiger partial charge in [0.25, 0.3) is 0 Å². The van der Waals surface area contributed by atoms with Gasteiger partial charge in [0.2, 0.25) is 0 Å². The minimum Gasteiger partial charge on any atom is -0.481 e. The van der Waals surface area contributed by atoms with Crippen molar-refractivity contribution in [1.29, 1.82) is 0 Å². The Balaban J connectivity index is 2.85. The summed E-state index contributed by atoms with van der Waals surface area (Å²) in [5.41, 5.74) is 6.65. The number of carboxylic acids is 1. The second-order valence-corrected chi connectivity index (χ2v) is 3.04. The first-order valence-electron chi connectivity index (χ1n) is 3.85. The molecule has 0 atom stereocenters. The molecular formula is C10H8ClNO2. The molecule has 0 spiro atoms. The van der Waals surface area contributed by atoms with Crippen molar-refractivity contribution in [2.24, 2.45) is 0 Å². The highest BCUT2D eigenvalue weighted by atomic mass is 35.5. The molecule has 0 fully saturated rings. The lowest BCUT2D eigenvalue weighted by Crippen LogP contribution is -1.92. The van der Waals surface area contributed by atoms with Crippen LogP contribution in [0, 0.1) is 11.8 Å². The van der Waals surface area contributed by atoms with Crippen LogP contribution in [0.1, 0.15) is 12.0 Å². The number of hydrogen-bond donors (Lipinski definition) is 2. The maximum Gasteiger partial charge on any atom is 0.315 e. The maximum atomic E-state index is 10.2. The van der Waals surface area contributed by atoms with E-state index in [-0.39, 0.29) is 6.42 Å². The fourth-order valence-electron chi connectivity index (χ4n) is 0.862. The Morgan fingerprint density at radius 1 is 1.57 bits per heavy atom. The summed E-state index contributed by atoms with van der Waals surface area (Å²) >= 11 is 5.68. The molecule has 1 rings (SSSR count). The maximum absolute atomic E-state index is 10.2. The summed E-state index contributed by atoms with van der Waals surface area (Å²) in [6.07, 6.45) is -0.192. The second kappa shape index (κ2) is 4.54.